The van der Waals surface area contributed by atoms with Crippen LogP contribution < -0.4 is 5.32 Å². The van der Waals surface area contributed by atoms with Crippen molar-refractivity contribution in [1.82, 2.24) is 19.5 Å². The second-order valence-electron chi connectivity index (χ2n) is 6.15. The molecule has 2 aromatic heterocycles. The summed E-state index contributed by atoms with van der Waals surface area (Å²) in [7, 11) is 0. The summed E-state index contributed by atoms with van der Waals surface area (Å²) in [5.74, 6) is 2.43. The molecule has 21 heavy (non-hydrogen) atoms. The van der Waals surface area contributed by atoms with Gasteiger partial charge in [0, 0.05) is 37.4 Å². The highest BCUT2D eigenvalue weighted by Crippen LogP contribution is 2.27. The van der Waals surface area contributed by atoms with Gasteiger partial charge in [0.2, 0.25) is 5.95 Å². The van der Waals surface area contributed by atoms with Crippen molar-refractivity contribution in [1.29, 1.82) is 0 Å². The maximum atomic E-state index is 4.48. The molecule has 0 amide bonds. The van der Waals surface area contributed by atoms with Gasteiger partial charge in [-0.2, -0.15) is 0 Å². The van der Waals surface area contributed by atoms with Crippen LogP contribution in [0.4, 0.5) is 5.95 Å². The first kappa shape index (κ1) is 14.0. The Bertz CT molecular complexity index is 567. The van der Waals surface area contributed by atoms with Crippen molar-refractivity contribution in [3.8, 4) is 11.4 Å². The summed E-state index contributed by atoms with van der Waals surface area (Å²) < 4.78 is 2.24. The maximum absolute atomic E-state index is 4.48. The molecule has 112 valence electrons. The molecule has 1 aliphatic rings. The molecule has 2 aromatic rings. The van der Waals surface area contributed by atoms with Gasteiger partial charge >= 0.3 is 0 Å². The lowest BCUT2D eigenvalue weighted by Crippen LogP contribution is -2.12. The lowest BCUT2D eigenvalue weighted by atomic mass is 10.1. The lowest BCUT2D eigenvalue weighted by molar-refractivity contribution is 0.460. The Hall–Kier alpha value is -1.91. The first-order chi connectivity index (χ1) is 10.2. The Morgan fingerprint density at radius 2 is 1.90 bits per heavy atom. The number of rotatable bonds is 5. The van der Waals surface area contributed by atoms with Crippen LogP contribution in [-0.2, 0) is 6.54 Å². The molecule has 0 spiro atoms. The van der Waals surface area contributed by atoms with Crippen molar-refractivity contribution in [3.63, 3.8) is 0 Å². The van der Waals surface area contributed by atoms with E-state index in [0.717, 1.165) is 23.9 Å². The molecule has 0 aliphatic heterocycles. The average Bonchev–Trinajstić information content (AvgIpc) is 3.11. The molecule has 0 saturated heterocycles. The molecule has 0 bridgehead atoms. The Morgan fingerprint density at radius 3 is 2.57 bits per heavy atom. The first-order valence-corrected chi connectivity index (χ1v) is 7.82. The van der Waals surface area contributed by atoms with Crippen LogP contribution in [0.2, 0.25) is 0 Å². The highest BCUT2D eigenvalue weighted by molar-refractivity contribution is 5.53. The van der Waals surface area contributed by atoms with Crippen LogP contribution in [0, 0.1) is 5.92 Å². The third-order valence-corrected chi connectivity index (χ3v) is 3.97. The number of aromatic nitrogens is 4. The zero-order valence-corrected chi connectivity index (χ0v) is 12.8. The summed E-state index contributed by atoms with van der Waals surface area (Å²) in [6.45, 7) is 5.21. The second-order valence-corrected chi connectivity index (χ2v) is 6.15. The molecule has 1 saturated carbocycles. The van der Waals surface area contributed by atoms with Crippen molar-refractivity contribution in [2.75, 3.05) is 5.32 Å². The van der Waals surface area contributed by atoms with Gasteiger partial charge in [-0.25, -0.2) is 15.0 Å². The molecule has 2 heterocycles. The van der Waals surface area contributed by atoms with Crippen molar-refractivity contribution in [2.24, 2.45) is 5.92 Å². The van der Waals surface area contributed by atoms with Gasteiger partial charge in [0.1, 0.15) is 5.82 Å². The predicted octanol–water partition coefficient (Wildman–Crippen LogP) is 3.35. The minimum Gasteiger partial charge on any atom is -0.352 e. The number of anilines is 1. The summed E-state index contributed by atoms with van der Waals surface area (Å²) in [6.07, 6.45) is 13.0. The zero-order chi connectivity index (χ0) is 14.7. The van der Waals surface area contributed by atoms with Crippen LogP contribution in [0.1, 0.15) is 39.5 Å². The number of hydrogen-bond acceptors (Lipinski definition) is 4. The van der Waals surface area contributed by atoms with Gasteiger partial charge < -0.3 is 9.88 Å². The van der Waals surface area contributed by atoms with Gasteiger partial charge in [0.05, 0.1) is 5.56 Å². The van der Waals surface area contributed by atoms with Gasteiger partial charge in [-0.15, -0.1) is 0 Å². The monoisotopic (exact) mass is 285 g/mol. The van der Waals surface area contributed by atoms with Crippen molar-refractivity contribution in [2.45, 2.75) is 52.1 Å². The van der Waals surface area contributed by atoms with Gasteiger partial charge in [-0.1, -0.05) is 12.8 Å². The fourth-order valence-electron chi connectivity index (χ4n) is 2.96. The Morgan fingerprint density at radius 1 is 1.19 bits per heavy atom. The largest absolute Gasteiger partial charge is 0.352 e. The van der Waals surface area contributed by atoms with E-state index in [1.54, 1.807) is 0 Å². The summed E-state index contributed by atoms with van der Waals surface area (Å²) in [5.41, 5.74) is 0.979. The molecular formula is C16H23N5. The standard InChI is InChI=1S/C16H23N5/c1-12(2)20-16-18-9-14(10-19-16)15-17-7-8-21(15)11-13-5-3-4-6-13/h7-10,12-13H,3-6,11H2,1-2H3,(H,18,19,20). The molecule has 5 heteroatoms. The molecule has 5 nitrogen and oxygen atoms in total. The number of nitrogens with zero attached hydrogens (tertiary/aromatic N) is 4. The topological polar surface area (TPSA) is 55.6 Å². The number of nitrogens with one attached hydrogen (secondary N) is 1. The summed E-state index contributed by atoms with van der Waals surface area (Å²) in [5, 5.41) is 3.20. The third-order valence-electron chi connectivity index (χ3n) is 3.97. The molecular weight excluding hydrogens is 262 g/mol. The van der Waals surface area contributed by atoms with Gasteiger partial charge in [-0.3, -0.25) is 0 Å². The van der Waals surface area contributed by atoms with E-state index in [0.29, 0.717) is 12.0 Å². The van der Waals surface area contributed by atoms with Crippen LogP contribution in [0.15, 0.2) is 24.8 Å². The van der Waals surface area contributed by atoms with Crippen LogP contribution in [0.25, 0.3) is 11.4 Å². The van der Waals surface area contributed by atoms with E-state index in [9.17, 15) is 0 Å². The number of imidazole rings is 1. The minimum atomic E-state index is 0.334. The van der Waals surface area contributed by atoms with E-state index < -0.39 is 0 Å². The normalized spacial score (nSPS) is 15.8. The molecule has 1 aliphatic carbocycles. The second kappa shape index (κ2) is 6.24. The van der Waals surface area contributed by atoms with Gasteiger partial charge in [-0.05, 0) is 32.6 Å². The lowest BCUT2D eigenvalue weighted by Gasteiger charge is -2.13. The quantitative estimate of drug-likeness (QED) is 0.915. The van der Waals surface area contributed by atoms with E-state index in [2.05, 4.69) is 44.9 Å². The van der Waals surface area contributed by atoms with Crippen molar-refractivity contribution >= 4 is 5.95 Å². The Balaban J connectivity index is 1.75. The summed E-state index contributed by atoms with van der Waals surface area (Å²) >= 11 is 0. The van der Waals surface area contributed by atoms with Crippen LogP contribution in [0.3, 0.4) is 0 Å². The van der Waals surface area contributed by atoms with Crippen LogP contribution in [0.5, 0.6) is 0 Å². The van der Waals surface area contributed by atoms with Gasteiger partial charge in [0.15, 0.2) is 0 Å². The average molecular weight is 285 g/mol. The Kier molecular flexibility index (Phi) is 4.18. The van der Waals surface area contributed by atoms with E-state index >= 15 is 0 Å². The molecule has 0 radical (unpaired) electrons. The van der Waals surface area contributed by atoms with E-state index in [1.807, 2.05) is 18.6 Å². The SMILES string of the molecule is CC(C)Nc1ncc(-c2nccn2CC2CCCC2)cn1. The molecule has 0 unspecified atom stereocenters. The first-order valence-electron chi connectivity index (χ1n) is 7.82. The molecule has 1 N–H and O–H groups in total. The highest BCUT2D eigenvalue weighted by atomic mass is 15.1. The minimum absolute atomic E-state index is 0.334. The van der Waals surface area contributed by atoms with E-state index in [4.69, 9.17) is 0 Å². The van der Waals surface area contributed by atoms with Crippen LogP contribution in [-0.4, -0.2) is 25.6 Å². The number of hydrogen-bond donors (Lipinski definition) is 1. The summed E-state index contributed by atoms with van der Waals surface area (Å²) in [6, 6.07) is 0.334. The fourth-order valence-corrected chi connectivity index (χ4v) is 2.96. The van der Waals surface area contributed by atoms with E-state index in [-0.39, 0.29) is 0 Å². The predicted molar refractivity (Wildman–Crippen MR) is 84.0 cm³/mol. The molecule has 3 rings (SSSR count). The van der Waals surface area contributed by atoms with Gasteiger partial charge in [0.25, 0.3) is 0 Å². The van der Waals surface area contributed by atoms with Crippen LogP contribution >= 0.6 is 0 Å². The highest BCUT2D eigenvalue weighted by Gasteiger charge is 2.17. The zero-order valence-electron chi connectivity index (χ0n) is 12.8. The molecule has 0 atom stereocenters. The smallest absolute Gasteiger partial charge is 0.222 e. The van der Waals surface area contributed by atoms with E-state index in [1.165, 1.54) is 25.7 Å². The molecule has 1 fully saturated rings. The summed E-state index contributed by atoms with van der Waals surface area (Å²) in [4.78, 5) is 13.2. The molecule has 0 aromatic carbocycles. The third kappa shape index (κ3) is 3.40. The Labute approximate surface area is 125 Å². The van der Waals surface area contributed by atoms with Crippen molar-refractivity contribution < 1.29 is 0 Å². The fraction of sp³-hybridized carbons (Fsp3) is 0.562. The maximum Gasteiger partial charge on any atom is 0.222 e. The van der Waals surface area contributed by atoms with Crippen molar-refractivity contribution in [3.05, 3.63) is 24.8 Å².